The first-order valence-corrected chi connectivity index (χ1v) is 14.6. The number of esters is 1. The van der Waals surface area contributed by atoms with Crippen LogP contribution < -0.4 is 5.32 Å². The quantitative estimate of drug-likeness (QED) is 0.0258. The second-order valence-electron chi connectivity index (χ2n) is 10.3. The minimum absolute atomic E-state index is 0.0787. The largest absolute Gasteiger partial charge is 0.480 e. The number of carboxylic acid groups (broad SMARTS) is 1. The summed E-state index contributed by atoms with van der Waals surface area (Å²) in [6, 6.07) is -1.02. The molecule has 0 radical (unpaired) electrons. The van der Waals surface area contributed by atoms with Crippen molar-refractivity contribution in [1.82, 2.24) is 5.32 Å². The van der Waals surface area contributed by atoms with Gasteiger partial charge in [0.05, 0.1) is 19.8 Å². The molecule has 0 bridgehead atoms. The number of amides is 1. The number of methoxy groups -OCH3 is 2. The molecule has 20 nitrogen and oxygen atoms in total. The normalized spacial score (nSPS) is 31.8. The van der Waals surface area contributed by atoms with Crippen molar-refractivity contribution < 1.29 is 77.8 Å². The van der Waals surface area contributed by atoms with Gasteiger partial charge in [-0.05, 0) is 25.3 Å². The highest BCUT2D eigenvalue weighted by Gasteiger charge is 2.49. The highest BCUT2D eigenvalue weighted by Crippen LogP contribution is 2.28. The highest BCUT2D eigenvalue weighted by molar-refractivity contribution is 5.85. The van der Waals surface area contributed by atoms with E-state index in [4.69, 9.17) is 48.5 Å². The van der Waals surface area contributed by atoms with Gasteiger partial charge in [-0.2, -0.15) is 0 Å². The van der Waals surface area contributed by atoms with Crippen molar-refractivity contribution in [2.24, 2.45) is 5.11 Å². The van der Waals surface area contributed by atoms with E-state index in [-0.39, 0.29) is 26.2 Å². The molecule has 2 heterocycles. The first-order chi connectivity index (χ1) is 22.0. The topological polar surface area (TPSA) is 287 Å². The minimum Gasteiger partial charge on any atom is -0.480 e. The molecule has 0 spiro atoms. The maximum atomic E-state index is 12.7. The Morgan fingerprint density at radius 1 is 0.891 bits per heavy atom. The van der Waals surface area contributed by atoms with E-state index in [0.717, 1.165) is 0 Å². The summed E-state index contributed by atoms with van der Waals surface area (Å²) in [7, 11) is 2.55. The number of aliphatic hydroxyl groups is 4. The number of azide groups is 1. The fraction of sp³-hybridized carbons (Fsp3) is 0.885. The summed E-state index contributed by atoms with van der Waals surface area (Å²) in [5, 5.41) is 57.8. The smallest absolute Gasteiger partial charge is 0.329 e. The minimum atomic E-state index is -1.67. The zero-order valence-corrected chi connectivity index (χ0v) is 25.8. The van der Waals surface area contributed by atoms with Crippen molar-refractivity contribution in [2.75, 3.05) is 53.8 Å². The summed E-state index contributed by atoms with van der Waals surface area (Å²) in [4.78, 5) is 38.7. The molecule has 46 heavy (non-hydrogen) atoms. The summed E-state index contributed by atoms with van der Waals surface area (Å²) in [6.45, 7) is -0.274. The summed E-state index contributed by atoms with van der Waals surface area (Å²) >= 11 is 0. The number of hydrogen-bond donors (Lipinski definition) is 6. The standard InChI is InChI=1S/C26H44N4O16/c1-4-41-24(38)13(7-5-6-8-28-30-27)29-16(31)11-42-22-19(35)15(45-25(40-3)20(22)36)10-44-26-21(37)23(43-12-17(32)33)18(34)14(46-26)9-39-2/h13-15,18-23,25-26,34-37H,4-12H2,1-3H3,(H,29,31)(H,32,33)/t13-,14?,15?,18+,19+,20?,21?,22-,23-,25-,26-/m0/s1. The van der Waals surface area contributed by atoms with Crippen molar-refractivity contribution in [3.05, 3.63) is 10.4 Å². The van der Waals surface area contributed by atoms with Crippen LogP contribution in [0, 0.1) is 0 Å². The summed E-state index contributed by atoms with van der Waals surface area (Å²) in [5.74, 6) is -2.77. The molecule has 0 aromatic carbocycles. The van der Waals surface area contributed by atoms with Crippen LogP contribution in [0.3, 0.4) is 0 Å². The Kier molecular flexibility index (Phi) is 17.6. The van der Waals surface area contributed by atoms with Gasteiger partial charge in [0.2, 0.25) is 5.91 Å². The van der Waals surface area contributed by atoms with E-state index < -0.39 is 105 Å². The summed E-state index contributed by atoms with van der Waals surface area (Å²) < 4.78 is 42.6. The molecule has 11 atom stereocenters. The van der Waals surface area contributed by atoms with Crippen LogP contribution in [-0.2, 0) is 52.3 Å². The second-order valence-corrected chi connectivity index (χ2v) is 10.3. The Morgan fingerprint density at radius 2 is 1.50 bits per heavy atom. The number of nitrogens with one attached hydrogen (secondary N) is 1. The Balaban J connectivity index is 2.05. The van der Waals surface area contributed by atoms with Gasteiger partial charge in [-0.25, -0.2) is 9.59 Å². The number of nitrogens with zero attached hydrogens (tertiary/aromatic N) is 3. The Hall–Kier alpha value is -2.72. The van der Waals surface area contributed by atoms with E-state index in [0.29, 0.717) is 12.8 Å². The summed E-state index contributed by atoms with van der Waals surface area (Å²) in [5.41, 5.74) is 8.39. The number of carboxylic acids is 1. The lowest BCUT2D eigenvalue weighted by Crippen LogP contribution is -2.62. The molecule has 6 N–H and O–H groups in total. The fourth-order valence-electron chi connectivity index (χ4n) is 4.80. The van der Waals surface area contributed by atoms with Gasteiger partial charge in [-0.1, -0.05) is 11.5 Å². The zero-order chi connectivity index (χ0) is 34.2. The number of hydrogen-bond acceptors (Lipinski definition) is 16. The average molecular weight is 669 g/mol. The van der Waals surface area contributed by atoms with E-state index in [9.17, 15) is 34.8 Å². The van der Waals surface area contributed by atoms with E-state index in [1.54, 1.807) is 6.92 Å². The highest BCUT2D eigenvalue weighted by atomic mass is 16.7. The number of aliphatic carboxylic acids is 1. The van der Waals surface area contributed by atoms with Crippen LogP contribution in [0.15, 0.2) is 5.11 Å². The van der Waals surface area contributed by atoms with E-state index >= 15 is 0 Å². The van der Waals surface area contributed by atoms with Crippen molar-refractivity contribution in [1.29, 1.82) is 0 Å². The van der Waals surface area contributed by atoms with Crippen LogP contribution in [-0.4, -0.2) is 165 Å². The monoisotopic (exact) mass is 668 g/mol. The van der Waals surface area contributed by atoms with Crippen LogP contribution >= 0.6 is 0 Å². The molecule has 0 aromatic heterocycles. The van der Waals surface area contributed by atoms with Gasteiger partial charge < -0.3 is 68.7 Å². The van der Waals surface area contributed by atoms with Crippen molar-refractivity contribution in [2.45, 2.75) is 93.6 Å². The number of carbonyl (C=O) groups excluding carboxylic acids is 2. The Bertz CT molecular complexity index is 1000. The molecule has 2 saturated heterocycles. The number of aliphatic hydroxyl groups excluding tert-OH is 4. The summed E-state index contributed by atoms with van der Waals surface area (Å²) in [6.07, 6.45) is -13.3. The van der Waals surface area contributed by atoms with Crippen LogP contribution in [0.1, 0.15) is 26.2 Å². The van der Waals surface area contributed by atoms with Crippen LogP contribution in [0.4, 0.5) is 0 Å². The molecule has 0 saturated carbocycles. The lowest BCUT2D eigenvalue weighted by Gasteiger charge is -2.44. The molecule has 2 aliphatic heterocycles. The van der Waals surface area contributed by atoms with Gasteiger partial charge in [-0.15, -0.1) is 0 Å². The molecular weight excluding hydrogens is 624 g/mol. The molecule has 20 heteroatoms. The Labute approximate surface area is 264 Å². The van der Waals surface area contributed by atoms with Crippen molar-refractivity contribution in [3.63, 3.8) is 0 Å². The maximum Gasteiger partial charge on any atom is 0.329 e. The van der Waals surface area contributed by atoms with Crippen molar-refractivity contribution >= 4 is 17.8 Å². The van der Waals surface area contributed by atoms with Gasteiger partial charge in [0, 0.05) is 25.7 Å². The van der Waals surface area contributed by atoms with Crippen molar-refractivity contribution in [3.8, 4) is 0 Å². The lowest BCUT2D eigenvalue weighted by atomic mass is 9.98. The molecule has 0 aliphatic carbocycles. The van der Waals surface area contributed by atoms with E-state index in [2.05, 4.69) is 15.3 Å². The molecule has 1 amide bonds. The third kappa shape index (κ3) is 11.8. The molecule has 2 fully saturated rings. The van der Waals surface area contributed by atoms with Crippen LogP contribution in [0.5, 0.6) is 0 Å². The first kappa shape index (κ1) is 39.5. The average Bonchev–Trinajstić information content (AvgIpc) is 3.01. The van der Waals surface area contributed by atoms with Gasteiger partial charge in [0.15, 0.2) is 12.6 Å². The van der Waals surface area contributed by atoms with Gasteiger partial charge in [0.1, 0.15) is 68.1 Å². The number of ether oxygens (including phenoxy) is 8. The molecule has 4 unspecified atom stereocenters. The maximum absolute atomic E-state index is 12.7. The molecule has 264 valence electrons. The van der Waals surface area contributed by atoms with Gasteiger partial charge in [0.25, 0.3) is 0 Å². The number of carbonyl (C=O) groups is 3. The second kappa shape index (κ2) is 20.5. The predicted molar refractivity (Wildman–Crippen MR) is 150 cm³/mol. The zero-order valence-electron chi connectivity index (χ0n) is 25.8. The van der Waals surface area contributed by atoms with E-state index in [1.165, 1.54) is 14.2 Å². The van der Waals surface area contributed by atoms with Gasteiger partial charge in [-0.3, -0.25) is 4.79 Å². The van der Waals surface area contributed by atoms with Gasteiger partial charge >= 0.3 is 11.9 Å². The third-order valence-corrected chi connectivity index (χ3v) is 7.05. The third-order valence-electron chi connectivity index (χ3n) is 7.05. The number of rotatable bonds is 20. The predicted octanol–water partition coefficient (Wildman–Crippen LogP) is -2.43. The first-order valence-electron chi connectivity index (χ1n) is 14.6. The van der Waals surface area contributed by atoms with Crippen LogP contribution in [0.2, 0.25) is 0 Å². The van der Waals surface area contributed by atoms with Crippen LogP contribution in [0.25, 0.3) is 10.4 Å². The molecule has 2 rings (SSSR count). The molecular formula is C26H44N4O16. The molecule has 0 aromatic rings. The Morgan fingerprint density at radius 3 is 2.09 bits per heavy atom. The molecule has 2 aliphatic rings. The number of unbranched alkanes of at least 4 members (excludes halogenated alkanes) is 1. The lowest BCUT2D eigenvalue weighted by molar-refractivity contribution is -0.333. The SMILES string of the molecule is CCOC(=O)[C@H](CCCCN=[N+]=[N-])NC(=O)CO[C@@H]1C(O)[C@@H](OC)OC(CO[C@H]2OC(COC)[C@@H](O)[C@H](OCC(=O)O)C2O)[C@H]1O. The van der Waals surface area contributed by atoms with E-state index in [1.807, 2.05) is 0 Å². The fourth-order valence-corrected chi connectivity index (χ4v) is 4.80.